The molecule has 1 aromatic heterocycles. The third kappa shape index (κ3) is 4.04. The SMILES string of the molecule is CCCNCc1cccc(C)c1OCc1ncnn1CC. The van der Waals surface area contributed by atoms with Crippen molar-refractivity contribution in [3.05, 3.63) is 41.5 Å². The largest absolute Gasteiger partial charge is 0.485 e. The third-order valence-electron chi connectivity index (χ3n) is 3.38. The molecule has 1 aromatic carbocycles. The Hall–Kier alpha value is -1.88. The summed E-state index contributed by atoms with van der Waals surface area (Å²) in [7, 11) is 0. The van der Waals surface area contributed by atoms with E-state index >= 15 is 0 Å². The number of rotatable bonds is 8. The van der Waals surface area contributed by atoms with Crippen LogP contribution in [0.5, 0.6) is 5.75 Å². The van der Waals surface area contributed by atoms with Crippen LogP contribution in [0.1, 0.15) is 37.2 Å². The Balaban J connectivity index is 2.07. The number of aryl methyl sites for hydroxylation is 2. The highest BCUT2D eigenvalue weighted by Gasteiger charge is 2.09. The fraction of sp³-hybridized carbons (Fsp3) is 0.500. The van der Waals surface area contributed by atoms with Crippen LogP contribution in [-0.4, -0.2) is 21.3 Å². The summed E-state index contributed by atoms with van der Waals surface area (Å²) in [6.45, 7) is 9.37. The quantitative estimate of drug-likeness (QED) is 0.759. The Morgan fingerprint density at radius 1 is 1.29 bits per heavy atom. The Bertz CT molecular complexity index is 565. The molecule has 0 saturated heterocycles. The van der Waals surface area contributed by atoms with E-state index in [1.807, 2.05) is 11.6 Å². The summed E-state index contributed by atoms with van der Waals surface area (Å²) in [5.74, 6) is 1.81. The summed E-state index contributed by atoms with van der Waals surface area (Å²) in [5.41, 5.74) is 2.33. The lowest BCUT2D eigenvalue weighted by atomic mass is 10.1. The fourth-order valence-electron chi connectivity index (χ4n) is 2.26. The molecule has 0 aliphatic heterocycles. The van der Waals surface area contributed by atoms with E-state index in [1.165, 1.54) is 5.56 Å². The first kappa shape index (κ1) is 15.5. The maximum Gasteiger partial charge on any atom is 0.164 e. The molecule has 0 atom stereocenters. The highest BCUT2D eigenvalue weighted by molar-refractivity contribution is 5.40. The van der Waals surface area contributed by atoms with Gasteiger partial charge in [-0.15, -0.1) is 0 Å². The molecule has 2 aromatic rings. The first-order chi connectivity index (χ1) is 10.3. The van der Waals surface area contributed by atoms with Crippen LogP contribution in [0.4, 0.5) is 0 Å². The molecule has 0 amide bonds. The standard InChI is InChI=1S/C16H24N4O/c1-4-9-17-10-14-8-6-7-13(3)16(14)21-11-15-18-12-19-20(15)5-2/h6-8,12,17H,4-5,9-11H2,1-3H3. The predicted molar refractivity (Wildman–Crippen MR) is 83.2 cm³/mol. The first-order valence-corrected chi connectivity index (χ1v) is 7.55. The molecule has 1 N–H and O–H groups in total. The van der Waals surface area contributed by atoms with E-state index in [0.717, 1.165) is 43.2 Å². The summed E-state index contributed by atoms with van der Waals surface area (Å²) in [5, 5.41) is 7.59. The molecule has 114 valence electrons. The number of ether oxygens (including phenoxy) is 1. The summed E-state index contributed by atoms with van der Waals surface area (Å²) in [6.07, 6.45) is 2.70. The number of para-hydroxylation sites is 1. The monoisotopic (exact) mass is 288 g/mol. The summed E-state index contributed by atoms with van der Waals surface area (Å²) in [6, 6.07) is 6.25. The van der Waals surface area contributed by atoms with Crippen molar-refractivity contribution in [2.45, 2.75) is 46.9 Å². The highest BCUT2D eigenvalue weighted by atomic mass is 16.5. The zero-order chi connectivity index (χ0) is 15.1. The average Bonchev–Trinajstić information content (AvgIpc) is 2.94. The van der Waals surface area contributed by atoms with Crippen molar-refractivity contribution < 1.29 is 4.74 Å². The highest BCUT2D eigenvalue weighted by Crippen LogP contribution is 2.24. The molecule has 5 nitrogen and oxygen atoms in total. The molecular formula is C16H24N4O. The molecule has 0 unspecified atom stereocenters. The van der Waals surface area contributed by atoms with Crippen LogP contribution < -0.4 is 10.1 Å². The zero-order valence-corrected chi connectivity index (χ0v) is 13.1. The molecule has 0 saturated carbocycles. The van der Waals surface area contributed by atoms with Gasteiger partial charge in [0.2, 0.25) is 0 Å². The van der Waals surface area contributed by atoms with Crippen LogP contribution in [0, 0.1) is 6.92 Å². The van der Waals surface area contributed by atoms with Gasteiger partial charge in [0.15, 0.2) is 5.82 Å². The minimum absolute atomic E-state index is 0.444. The van der Waals surface area contributed by atoms with Gasteiger partial charge in [-0.2, -0.15) is 5.10 Å². The Morgan fingerprint density at radius 3 is 2.90 bits per heavy atom. The molecule has 0 aliphatic carbocycles. The van der Waals surface area contributed by atoms with Gasteiger partial charge < -0.3 is 10.1 Å². The zero-order valence-electron chi connectivity index (χ0n) is 13.1. The maximum atomic E-state index is 6.02. The van der Waals surface area contributed by atoms with Crippen LogP contribution in [0.2, 0.25) is 0 Å². The van der Waals surface area contributed by atoms with E-state index in [2.05, 4.69) is 47.4 Å². The van der Waals surface area contributed by atoms with Gasteiger partial charge in [-0.1, -0.05) is 25.1 Å². The van der Waals surface area contributed by atoms with Crippen molar-refractivity contribution in [3.8, 4) is 5.75 Å². The van der Waals surface area contributed by atoms with Crippen LogP contribution in [0.3, 0.4) is 0 Å². The second kappa shape index (κ2) is 7.78. The van der Waals surface area contributed by atoms with E-state index in [0.29, 0.717) is 6.61 Å². The molecule has 5 heteroatoms. The van der Waals surface area contributed by atoms with E-state index in [-0.39, 0.29) is 0 Å². The lowest BCUT2D eigenvalue weighted by Gasteiger charge is -2.14. The minimum atomic E-state index is 0.444. The van der Waals surface area contributed by atoms with Crippen molar-refractivity contribution in [1.82, 2.24) is 20.1 Å². The Kier molecular flexibility index (Phi) is 5.75. The number of nitrogens with one attached hydrogen (secondary N) is 1. The Labute approximate surface area is 126 Å². The number of nitrogens with zero attached hydrogens (tertiary/aromatic N) is 3. The topological polar surface area (TPSA) is 52.0 Å². The van der Waals surface area contributed by atoms with Gasteiger partial charge in [-0.25, -0.2) is 9.67 Å². The van der Waals surface area contributed by atoms with Crippen molar-refractivity contribution in [2.24, 2.45) is 0 Å². The smallest absolute Gasteiger partial charge is 0.164 e. The normalized spacial score (nSPS) is 10.8. The lowest BCUT2D eigenvalue weighted by Crippen LogP contribution is -2.15. The number of hydrogen-bond donors (Lipinski definition) is 1. The summed E-state index contributed by atoms with van der Waals surface area (Å²) in [4.78, 5) is 4.25. The first-order valence-electron chi connectivity index (χ1n) is 7.55. The molecule has 0 bridgehead atoms. The van der Waals surface area contributed by atoms with Crippen molar-refractivity contribution in [1.29, 1.82) is 0 Å². The van der Waals surface area contributed by atoms with E-state index < -0.39 is 0 Å². The number of aromatic nitrogens is 3. The van der Waals surface area contributed by atoms with Gasteiger partial charge >= 0.3 is 0 Å². The number of benzene rings is 1. The van der Waals surface area contributed by atoms with Crippen LogP contribution in [-0.2, 0) is 19.7 Å². The third-order valence-corrected chi connectivity index (χ3v) is 3.38. The fourth-order valence-corrected chi connectivity index (χ4v) is 2.26. The lowest BCUT2D eigenvalue weighted by molar-refractivity contribution is 0.282. The second-order valence-electron chi connectivity index (χ2n) is 5.02. The van der Waals surface area contributed by atoms with Gasteiger partial charge in [0.25, 0.3) is 0 Å². The molecule has 0 fully saturated rings. The minimum Gasteiger partial charge on any atom is -0.485 e. The van der Waals surface area contributed by atoms with Crippen molar-refractivity contribution in [3.63, 3.8) is 0 Å². The van der Waals surface area contributed by atoms with E-state index in [9.17, 15) is 0 Å². The van der Waals surface area contributed by atoms with Crippen molar-refractivity contribution in [2.75, 3.05) is 6.54 Å². The summed E-state index contributed by atoms with van der Waals surface area (Å²) < 4.78 is 7.88. The number of hydrogen-bond acceptors (Lipinski definition) is 4. The molecule has 1 heterocycles. The molecule has 21 heavy (non-hydrogen) atoms. The van der Waals surface area contributed by atoms with E-state index in [4.69, 9.17) is 4.74 Å². The van der Waals surface area contributed by atoms with Gasteiger partial charge in [0, 0.05) is 18.7 Å². The van der Waals surface area contributed by atoms with Crippen molar-refractivity contribution >= 4 is 0 Å². The van der Waals surface area contributed by atoms with Gasteiger partial charge in [-0.3, -0.25) is 0 Å². The predicted octanol–water partition coefficient (Wildman–Crippen LogP) is 2.69. The average molecular weight is 288 g/mol. The van der Waals surface area contributed by atoms with Gasteiger partial charge in [-0.05, 0) is 32.4 Å². The second-order valence-corrected chi connectivity index (χ2v) is 5.02. The van der Waals surface area contributed by atoms with E-state index in [1.54, 1.807) is 6.33 Å². The van der Waals surface area contributed by atoms with Gasteiger partial charge in [0.05, 0.1) is 0 Å². The van der Waals surface area contributed by atoms with Gasteiger partial charge in [0.1, 0.15) is 18.7 Å². The molecular weight excluding hydrogens is 264 g/mol. The van der Waals surface area contributed by atoms with Crippen LogP contribution >= 0.6 is 0 Å². The van der Waals surface area contributed by atoms with Crippen LogP contribution in [0.15, 0.2) is 24.5 Å². The summed E-state index contributed by atoms with van der Waals surface area (Å²) >= 11 is 0. The molecule has 2 rings (SSSR count). The maximum absolute atomic E-state index is 6.02. The molecule has 0 aliphatic rings. The van der Waals surface area contributed by atoms with Crippen LogP contribution in [0.25, 0.3) is 0 Å². The molecule has 0 radical (unpaired) electrons. The molecule has 0 spiro atoms. The Morgan fingerprint density at radius 2 is 2.14 bits per heavy atom.